The Balaban J connectivity index is 2.29. The van der Waals surface area contributed by atoms with E-state index in [4.69, 9.17) is 0 Å². The van der Waals surface area contributed by atoms with Crippen molar-refractivity contribution in [3.05, 3.63) is 52.0 Å². The van der Waals surface area contributed by atoms with E-state index in [1.54, 1.807) is 6.08 Å². The number of hydrogen-bond donors (Lipinski definition) is 0. The number of rotatable bonds is 2. The third kappa shape index (κ3) is 2.28. The van der Waals surface area contributed by atoms with E-state index in [-0.39, 0.29) is 5.57 Å². The van der Waals surface area contributed by atoms with Crippen molar-refractivity contribution in [2.75, 3.05) is 0 Å². The molecule has 0 atom stereocenters. The van der Waals surface area contributed by atoms with Gasteiger partial charge in [-0.25, -0.2) is 9.59 Å². The normalized spacial score (nSPS) is 16.1. The van der Waals surface area contributed by atoms with Crippen LogP contribution in [0.15, 0.2) is 46.5 Å². The van der Waals surface area contributed by atoms with Gasteiger partial charge in [-0.2, -0.15) is 0 Å². The van der Waals surface area contributed by atoms with Gasteiger partial charge in [-0.15, -0.1) is 0 Å². The van der Waals surface area contributed by atoms with Crippen LogP contribution in [0.2, 0.25) is 0 Å². The van der Waals surface area contributed by atoms with E-state index < -0.39 is 11.9 Å². The highest BCUT2D eigenvalue weighted by atomic mass is 79.9. The molecule has 0 saturated heterocycles. The Bertz CT molecular complexity index is 500. The van der Waals surface area contributed by atoms with Gasteiger partial charge in [-0.3, -0.25) is 0 Å². The molecule has 0 spiro atoms. The Labute approximate surface area is 101 Å². The summed E-state index contributed by atoms with van der Waals surface area (Å²) in [5.41, 5.74) is 1.18. The molecule has 0 N–H and O–H groups in total. The molecule has 16 heavy (non-hydrogen) atoms. The fourth-order valence-corrected chi connectivity index (χ4v) is 1.83. The predicted molar refractivity (Wildman–Crippen MR) is 62.5 cm³/mol. The zero-order chi connectivity index (χ0) is 11.5. The number of carbonyl (C=O) groups excluding carboxylic acids is 2. The lowest BCUT2D eigenvalue weighted by molar-refractivity contribution is -0.150. The van der Waals surface area contributed by atoms with Crippen LogP contribution >= 0.6 is 15.9 Å². The molecule has 0 fully saturated rings. The Morgan fingerprint density at radius 1 is 1.19 bits per heavy atom. The lowest BCUT2D eigenvalue weighted by Gasteiger charge is -1.97. The topological polar surface area (TPSA) is 43.4 Å². The Kier molecular flexibility index (Phi) is 3.01. The molecule has 0 bridgehead atoms. The van der Waals surface area contributed by atoms with Crippen molar-refractivity contribution in [1.29, 1.82) is 0 Å². The lowest BCUT2D eigenvalue weighted by Crippen LogP contribution is -2.01. The maximum atomic E-state index is 11.2. The van der Waals surface area contributed by atoms with Crippen LogP contribution in [0.1, 0.15) is 5.56 Å². The summed E-state index contributed by atoms with van der Waals surface area (Å²) in [7, 11) is 0. The first-order chi connectivity index (χ1) is 7.66. The monoisotopic (exact) mass is 278 g/mol. The van der Waals surface area contributed by atoms with E-state index >= 15 is 0 Å². The summed E-state index contributed by atoms with van der Waals surface area (Å²) in [6, 6.07) is 9.46. The van der Waals surface area contributed by atoms with Gasteiger partial charge in [0, 0.05) is 10.6 Å². The second kappa shape index (κ2) is 4.45. The van der Waals surface area contributed by atoms with Crippen molar-refractivity contribution in [3.8, 4) is 0 Å². The van der Waals surface area contributed by atoms with E-state index in [1.165, 1.54) is 6.08 Å². The lowest BCUT2D eigenvalue weighted by atomic mass is 10.1. The molecule has 3 nitrogen and oxygen atoms in total. The molecule has 1 aromatic carbocycles. The summed E-state index contributed by atoms with van der Waals surface area (Å²) in [5.74, 6) is -1.25. The molecule has 1 heterocycles. The van der Waals surface area contributed by atoms with Gasteiger partial charge in [-0.05, 0) is 27.6 Å². The quantitative estimate of drug-likeness (QED) is 0.617. The molecular formula is C12H7BrO3. The Morgan fingerprint density at radius 3 is 2.44 bits per heavy atom. The fraction of sp³-hybridized carbons (Fsp3) is 0. The number of ether oxygens (including phenoxy) is 1. The highest BCUT2D eigenvalue weighted by molar-refractivity contribution is 9.12. The van der Waals surface area contributed by atoms with Gasteiger partial charge < -0.3 is 4.74 Å². The van der Waals surface area contributed by atoms with E-state index in [0.717, 1.165) is 5.56 Å². The van der Waals surface area contributed by atoms with Gasteiger partial charge in [0.05, 0.1) is 5.57 Å². The number of esters is 2. The second-order valence-corrected chi connectivity index (χ2v) is 4.02. The third-order valence-electron chi connectivity index (χ3n) is 2.03. The third-order valence-corrected chi connectivity index (χ3v) is 2.68. The van der Waals surface area contributed by atoms with Crippen molar-refractivity contribution in [2.24, 2.45) is 0 Å². The number of benzene rings is 1. The van der Waals surface area contributed by atoms with Gasteiger partial charge in [0.2, 0.25) is 0 Å². The average molecular weight is 279 g/mol. The standard InChI is InChI=1S/C12H7BrO3/c13-10(6-8-4-2-1-3-5-8)9-7-11(14)16-12(9)15/h1-7H/b10-6-. The van der Waals surface area contributed by atoms with Crippen LogP contribution in [0, 0.1) is 0 Å². The van der Waals surface area contributed by atoms with Gasteiger partial charge >= 0.3 is 11.9 Å². The molecule has 1 aliphatic heterocycles. The van der Waals surface area contributed by atoms with Crippen molar-refractivity contribution in [2.45, 2.75) is 0 Å². The molecule has 1 aliphatic rings. The molecule has 0 unspecified atom stereocenters. The number of halogens is 1. The first kappa shape index (κ1) is 10.8. The molecule has 2 rings (SSSR count). The van der Waals surface area contributed by atoms with Crippen molar-refractivity contribution >= 4 is 33.9 Å². The molecule has 0 radical (unpaired) electrons. The molecule has 0 aliphatic carbocycles. The largest absolute Gasteiger partial charge is 0.386 e. The van der Waals surface area contributed by atoms with E-state index in [1.807, 2.05) is 30.3 Å². The van der Waals surface area contributed by atoms with E-state index in [0.29, 0.717) is 4.48 Å². The first-order valence-corrected chi connectivity index (χ1v) is 5.36. The molecule has 0 amide bonds. The summed E-state index contributed by atoms with van der Waals surface area (Å²) >= 11 is 3.25. The number of hydrogen-bond acceptors (Lipinski definition) is 3. The second-order valence-electron chi connectivity index (χ2n) is 3.17. The summed E-state index contributed by atoms with van der Waals surface area (Å²) < 4.78 is 4.93. The van der Waals surface area contributed by atoms with Crippen LogP contribution < -0.4 is 0 Å². The van der Waals surface area contributed by atoms with Crippen LogP contribution in [0.3, 0.4) is 0 Å². The predicted octanol–water partition coefficient (Wildman–Crippen LogP) is 2.43. The van der Waals surface area contributed by atoms with Crippen LogP contribution in [0.25, 0.3) is 6.08 Å². The van der Waals surface area contributed by atoms with Gasteiger partial charge in [0.15, 0.2) is 0 Å². The first-order valence-electron chi connectivity index (χ1n) is 4.57. The molecule has 80 valence electrons. The maximum absolute atomic E-state index is 11.2. The summed E-state index contributed by atoms with van der Waals surface area (Å²) in [4.78, 5) is 22.1. The van der Waals surface area contributed by atoms with Crippen molar-refractivity contribution in [3.63, 3.8) is 0 Å². The molecular weight excluding hydrogens is 272 g/mol. The van der Waals surface area contributed by atoms with Crippen LogP contribution in [-0.4, -0.2) is 11.9 Å². The van der Waals surface area contributed by atoms with E-state index in [2.05, 4.69) is 20.7 Å². The number of cyclic esters (lactones) is 2. The van der Waals surface area contributed by atoms with E-state index in [9.17, 15) is 9.59 Å². The minimum atomic E-state index is -0.626. The highest BCUT2D eigenvalue weighted by Gasteiger charge is 2.25. The maximum Gasteiger partial charge on any atom is 0.347 e. The van der Waals surface area contributed by atoms with Crippen molar-refractivity contribution in [1.82, 2.24) is 0 Å². The van der Waals surface area contributed by atoms with Crippen molar-refractivity contribution < 1.29 is 14.3 Å². The highest BCUT2D eigenvalue weighted by Crippen LogP contribution is 2.25. The molecule has 1 aromatic rings. The van der Waals surface area contributed by atoms with Crippen LogP contribution in [-0.2, 0) is 14.3 Å². The Hall–Kier alpha value is -1.68. The van der Waals surface area contributed by atoms with Gasteiger partial charge in [0.1, 0.15) is 0 Å². The minimum Gasteiger partial charge on any atom is -0.386 e. The smallest absolute Gasteiger partial charge is 0.347 e. The van der Waals surface area contributed by atoms with Crippen LogP contribution in [0.5, 0.6) is 0 Å². The summed E-state index contributed by atoms with van der Waals surface area (Å²) in [5, 5.41) is 0. The molecule has 4 heteroatoms. The average Bonchev–Trinajstić information content (AvgIpc) is 2.59. The number of carbonyl (C=O) groups is 2. The fourth-order valence-electron chi connectivity index (χ4n) is 1.29. The van der Waals surface area contributed by atoms with Crippen LogP contribution in [0.4, 0.5) is 0 Å². The van der Waals surface area contributed by atoms with Gasteiger partial charge in [-0.1, -0.05) is 30.3 Å². The van der Waals surface area contributed by atoms with Gasteiger partial charge in [0.25, 0.3) is 0 Å². The zero-order valence-electron chi connectivity index (χ0n) is 8.14. The molecule has 0 saturated carbocycles. The molecule has 0 aromatic heterocycles. The Morgan fingerprint density at radius 2 is 1.88 bits per heavy atom. The summed E-state index contributed by atoms with van der Waals surface area (Å²) in [6.07, 6.45) is 2.93. The SMILES string of the molecule is O=C1C=C(/C(Br)=C/c2ccccc2)C(=O)O1. The zero-order valence-corrected chi connectivity index (χ0v) is 9.73. The summed E-state index contributed by atoms with van der Waals surface area (Å²) in [6.45, 7) is 0. The minimum absolute atomic E-state index is 0.244.